The average Bonchev–Trinajstić information content (AvgIpc) is 3.14. The summed E-state index contributed by atoms with van der Waals surface area (Å²) in [5.41, 5.74) is 0.915. The van der Waals surface area contributed by atoms with Gasteiger partial charge in [-0.1, -0.05) is 0 Å². The van der Waals surface area contributed by atoms with Crippen LogP contribution in [0.1, 0.15) is 31.4 Å². The zero-order valence-corrected chi connectivity index (χ0v) is 17.1. The third-order valence-corrected chi connectivity index (χ3v) is 4.53. The van der Waals surface area contributed by atoms with Crippen molar-refractivity contribution < 1.29 is 18.6 Å². The molecule has 1 aliphatic heterocycles. The minimum atomic E-state index is 0.667. The fraction of sp³-hybridized carbons (Fsp3) is 0.500. The SMILES string of the molecule is COCCCCCN=C(NCCc1ccco1)Nc1ccc2c(c1)OCCCO2. The van der Waals surface area contributed by atoms with Crippen LogP contribution in [0.3, 0.4) is 0 Å². The van der Waals surface area contributed by atoms with Crippen molar-refractivity contribution in [1.29, 1.82) is 0 Å². The molecular weight excluding hydrogens is 370 g/mol. The molecule has 0 fully saturated rings. The topological polar surface area (TPSA) is 77.2 Å². The molecule has 2 N–H and O–H groups in total. The molecule has 0 saturated heterocycles. The van der Waals surface area contributed by atoms with E-state index in [0.29, 0.717) is 13.2 Å². The smallest absolute Gasteiger partial charge is 0.195 e. The Morgan fingerprint density at radius 3 is 2.83 bits per heavy atom. The first-order valence-electron chi connectivity index (χ1n) is 10.3. The van der Waals surface area contributed by atoms with Crippen molar-refractivity contribution in [2.24, 2.45) is 4.99 Å². The molecule has 158 valence electrons. The Morgan fingerprint density at radius 2 is 2.00 bits per heavy atom. The van der Waals surface area contributed by atoms with Crippen LogP contribution >= 0.6 is 0 Å². The fourth-order valence-electron chi connectivity index (χ4n) is 3.00. The van der Waals surface area contributed by atoms with Crippen molar-refractivity contribution in [2.75, 3.05) is 45.3 Å². The van der Waals surface area contributed by atoms with Crippen molar-refractivity contribution in [3.05, 3.63) is 42.4 Å². The van der Waals surface area contributed by atoms with Gasteiger partial charge in [0.15, 0.2) is 17.5 Å². The van der Waals surface area contributed by atoms with E-state index in [4.69, 9.17) is 23.6 Å². The number of anilines is 1. The van der Waals surface area contributed by atoms with Gasteiger partial charge in [-0.25, -0.2) is 0 Å². The second-order valence-corrected chi connectivity index (χ2v) is 6.88. The number of unbranched alkanes of at least 4 members (excludes halogenated alkanes) is 2. The Morgan fingerprint density at radius 1 is 1.10 bits per heavy atom. The fourth-order valence-corrected chi connectivity index (χ4v) is 3.00. The van der Waals surface area contributed by atoms with E-state index in [-0.39, 0.29) is 0 Å². The van der Waals surface area contributed by atoms with E-state index in [1.807, 2.05) is 30.3 Å². The number of nitrogens with one attached hydrogen (secondary N) is 2. The number of hydrogen-bond donors (Lipinski definition) is 2. The molecule has 29 heavy (non-hydrogen) atoms. The summed E-state index contributed by atoms with van der Waals surface area (Å²) in [6.07, 6.45) is 6.56. The molecule has 2 aromatic rings. The van der Waals surface area contributed by atoms with Gasteiger partial charge in [0.2, 0.25) is 0 Å². The van der Waals surface area contributed by atoms with Crippen LogP contribution in [0.4, 0.5) is 5.69 Å². The lowest BCUT2D eigenvalue weighted by atomic mass is 10.2. The molecule has 0 amide bonds. The Kier molecular flexibility index (Phi) is 8.72. The molecule has 0 radical (unpaired) electrons. The number of aliphatic imine (C=N–C) groups is 1. The van der Waals surface area contributed by atoms with Crippen LogP contribution in [0.15, 0.2) is 46.0 Å². The average molecular weight is 402 g/mol. The van der Waals surface area contributed by atoms with Gasteiger partial charge in [-0.05, 0) is 43.5 Å². The molecule has 1 aliphatic rings. The van der Waals surface area contributed by atoms with Gasteiger partial charge in [0, 0.05) is 51.4 Å². The molecule has 7 heteroatoms. The maximum absolute atomic E-state index is 5.79. The number of guanidine groups is 1. The summed E-state index contributed by atoms with van der Waals surface area (Å²) in [7, 11) is 1.73. The first-order valence-corrected chi connectivity index (χ1v) is 10.3. The zero-order chi connectivity index (χ0) is 20.2. The largest absolute Gasteiger partial charge is 0.490 e. The number of hydrogen-bond acceptors (Lipinski definition) is 5. The highest BCUT2D eigenvalue weighted by molar-refractivity contribution is 5.94. The van der Waals surface area contributed by atoms with Gasteiger partial charge in [0.25, 0.3) is 0 Å². The molecule has 2 heterocycles. The minimum Gasteiger partial charge on any atom is -0.490 e. The van der Waals surface area contributed by atoms with Gasteiger partial charge in [-0.3, -0.25) is 4.99 Å². The van der Waals surface area contributed by atoms with Crippen molar-refractivity contribution in [1.82, 2.24) is 5.32 Å². The van der Waals surface area contributed by atoms with E-state index >= 15 is 0 Å². The van der Waals surface area contributed by atoms with E-state index in [9.17, 15) is 0 Å². The zero-order valence-electron chi connectivity index (χ0n) is 17.1. The van der Waals surface area contributed by atoms with Gasteiger partial charge in [-0.15, -0.1) is 0 Å². The molecule has 0 spiro atoms. The third kappa shape index (κ3) is 7.34. The second-order valence-electron chi connectivity index (χ2n) is 6.88. The molecule has 0 saturated carbocycles. The predicted molar refractivity (Wildman–Crippen MR) is 114 cm³/mol. The summed E-state index contributed by atoms with van der Waals surface area (Å²) in [6, 6.07) is 9.76. The Hall–Kier alpha value is -2.67. The molecule has 7 nitrogen and oxygen atoms in total. The van der Waals surface area contributed by atoms with Gasteiger partial charge in [0.1, 0.15) is 5.76 Å². The highest BCUT2D eigenvalue weighted by Gasteiger charge is 2.11. The lowest BCUT2D eigenvalue weighted by Crippen LogP contribution is -2.32. The molecular formula is C22H31N3O4. The standard InChI is InChI=1S/C22H31N3O4/c1-26-13-4-2-3-11-23-22(24-12-10-19-7-5-14-27-19)25-18-8-9-20-21(17-18)29-16-6-15-28-20/h5,7-9,14,17H,2-4,6,10-13,15-16H2,1H3,(H2,23,24,25). The van der Waals surface area contributed by atoms with E-state index in [1.54, 1.807) is 13.4 Å². The van der Waals surface area contributed by atoms with Crippen molar-refractivity contribution >= 4 is 11.6 Å². The Balaban J connectivity index is 1.57. The van der Waals surface area contributed by atoms with Crippen molar-refractivity contribution in [3.63, 3.8) is 0 Å². The summed E-state index contributed by atoms with van der Waals surface area (Å²) in [6.45, 7) is 3.63. The number of ether oxygens (including phenoxy) is 3. The van der Waals surface area contributed by atoms with Crippen LogP contribution < -0.4 is 20.1 Å². The predicted octanol–water partition coefficient (Wildman–Crippen LogP) is 3.86. The maximum atomic E-state index is 5.79. The second kappa shape index (κ2) is 12.0. The lowest BCUT2D eigenvalue weighted by Gasteiger charge is -2.14. The van der Waals surface area contributed by atoms with E-state index in [1.165, 1.54) is 0 Å². The monoisotopic (exact) mass is 401 g/mol. The molecule has 3 rings (SSSR count). The summed E-state index contributed by atoms with van der Waals surface area (Å²) in [5.74, 6) is 3.25. The molecule has 0 atom stereocenters. The Bertz CT molecular complexity index is 747. The molecule has 0 aliphatic carbocycles. The van der Waals surface area contributed by atoms with Gasteiger partial charge < -0.3 is 29.3 Å². The van der Waals surface area contributed by atoms with E-state index in [0.717, 1.165) is 80.7 Å². The lowest BCUT2D eigenvalue weighted by molar-refractivity contribution is 0.192. The van der Waals surface area contributed by atoms with Crippen LogP contribution in [0, 0.1) is 0 Å². The first-order chi connectivity index (χ1) is 14.3. The highest BCUT2D eigenvalue weighted by Crippen LogP contribution is 2.32. The third-order valence-electron chi connectivity index (χ3n) is 4.53. The van der Waals surface area contributed by atoms with Crippen LogP contribution in [-0.4, -0.2) is 46.0 Å². The number of methoxy groups -OCH3 is 1. The van der Waals surface area contributed by atoms with Crippen LogP contribution in [-0.2, 0) is 11.2 Å². The van der Waals surface area contributed by atoms with Crippen molar-refractivity contribution in [2.45, 2.75) is 32.1 Å². The molecule has 0 bridgehead atoms. The van der Waals surface area contributed by atoms with Crippen LogP contribution in [0.2, 0.25) is 0 Å². The quantitative estimate of drug-likeness (QED) is 0.358. The highest BCUT2D eigenvalue weighted by atomic mass is 16.5. The maximum Gasteiger partial charge on any atom is 0.195 e. The summed E-state index contributed by atoms with van der Waals surface area (Å²) in [4.78, 5) is 4.72. The Labute approximate surface area is 172 Å². The van der Waals surface area contributed by atoms with E-state index < -0.39 is 0 Å². The van der Waals surface area contributed by atoms with Gasteiger partial charge in [0.05, 0.1) is 19.5 Å². The number of rotatable bonds is 10. The molecule has 1 aromatic carbocycles. The number of benzene rings is 1. The molecule has 0 unspecified atom stereocenters. The normalized spacial score (nSPS) is 13.8. The van der Waals surface area contributed by atoms with E-state index in [2.05, 4.69) is 10.6 Å². The van der Waals surface area contributed by atoms with Crippen LogP contribution in [0.5, 0.6) is 11.5 Å². The number of fused-ring (bicyclic) bond motifs is 1. The number of nitrogens with zero attached hydrogens (tertiary/aromatic N) is 1. The first kappa shape index (κ1) is 21.0. The van der Waals surface area contributed by atoms with Crippen molar-refractivity contribution in [3.8, 4) is 11.5 Å². The summed E-state index contributed by atoms with van der Waals surface area (Å²) in [5, 5.41) is 6.76. The minimum absolute atomic E-state index is 0.667. The van der Waals surface area contributed by atoms with Gasteiger partial charge in [-0.2, -0.15) is 0 Å². The molecule has 1 aromatic heterocycles. The number of furan rings is 1. The summed E-state index contributed by atoms with van der Waals surface area (Å²) < 4.78 is 22.0. The summed E-state index contributed by atoms with van der Waals surface area (Å²) >= 11 is 0. The van der Waals surface area contributed by atoms with Gasteiger partial charge >= 0.3 is 0 Å². The van der Waals surface area contributed by atoms with Crippen LogP contribution in [0.25, 0.3) is 0 Å².